The molecule has 0 saturated heterocycles. The van der Waals surface area contributed by atoms with Crippen molar-refractivity contribution in [3.8, 4) is 0 Å². The second kappa shape index (κ2) is 9.69. The first-order chi connectivity index (χ1) is 3.15. The van der Waals surface area contributed by atoms with Gasteiger partial charge in [0.2, 0.25) is 0 Å². The van der Waals surface area contributed by atoms with Gasteiger partial charge in [-0.25, -0.2) is 0 Å². The van der Waals surface area contributed by atoms with Crippen molar-refractivity contribution in [2.45, 2.75) is 20.0 Å². The third kappa shape index (κ3) is 592. The van der Waals surface area contributed by atoms with Crippen molar-refractivity contribution < 1.29 is 5.11 Å². The third-order valence-corrected chi connectivity index (χ3v) is 0. The van der Waals surface area contributed by atoms with E-state index < -0.39 is 8.11 Å². The van der Waals surface area contributed by atoms with E-state index in [4.69, 9.17) is 16.2 Å². The van der Waals surface area contributed by atoms with Crippen LogP contribution in [-0.4, -0.2) is 19.8 Å². The Balaban J connectivity index is 0. The second-order valence-electron chi connectivity index (χ2n) is 1.33. The number of halogens is 1. The molecule has 0 radical (unpaired) electrons. The minimum absolute atomic E-state index is 0.250. The Kier molecular flexibility index (Phi) is 14.5. The molecule has 0 aromatic carbocycles. The lowest BCUT2D eigenvalue weighted by molar-refractivity contribution is 0.318. The molecule has 0 saturated carbocycles. The zero-order valence-electron chi connectivity index (χ0n) is 5.11. The SMILES string of the molecule is CCO.C[SiH](C)Cl. The molecular weight excluding hydrogens is 128 g/mol. The third-order valence-electron chi connectivity index (χ3n) is 0. The van der Waals surface area contributed by atoms with Gasteiger partial charge in [-0.1, -0.05) is 13.1 Å². The molecule has 0 aromatic heterocycles. The Morgan fingerprint density at radius 2 is 1.57 bits per heavy atom. The summed E-state index contributed by atoms with van der Waals surface area (Å²) in [5.74, 6) is 0. The number of aliphatic hydroxyl groups excluding tert-OH is 1. The van der Waals surface area contributed by atoms with Crippen molar-refractivity contribution in [3.63, 3.8) is 0 Å². The summed E-state index contributed by atoms with van der Waals surface area (Å²) < 4.78 is 0. The number of rotatable bonds is 0. The largest absolute Gasteiger partial charge is 0.397 e. The van der Waals surface area contributed by atoms with E-state index in [9.17, 15) is 0 Å². The maximum atomic E-state index is 7.57. The maximum Gasteiger partial charge on any atom is 0.134 e. The molecule has 0 unspecified atom stereocenters. The van der Waals surface area contributed by atoms with E-state index in [1.54, 1.807) is 6.92 Å². The molecule has 0 atom stereocenters. The molecule has 0 rings (SSSR count). The van der Waals surface area contributed by atoms with Gasteiger partial charge in [0.15, 0.2) is 0 Å². The molecule has 46 valence electrons. The van der Waals surface area contributed by atoms with Gasteiger partial charge in [0.25, 0.3) is 0 Å². The Hall–Kier alpha value is 0.467. The van der Waals surface area contributed by atoms with Gasteiger partial charge in [0.1, 0.15) is 8.11 Å². The highest BCUT2D eigenvalue weighted by molar-refractivity contribution is 7.05. The summed E-state index contributed by atoms with van der Waals surface area (Å²) in [5.41, 5.74) is 0. The zero-order chi connectivity index (χ0) is 6.28. The molecule has 1 N–H and O–H groups in total. The summed E-state index contributed by atoms with van der Waals surface area (Å²) in [7, 11) is -0.667. The quantitative estimate of drug-likeness (QED) is 0.396. The first-order valence-corrected chi connectivity index (χ1v) is 6.45. The van der Waals surface area contributed by atoms with Gasteiger partial charge in [-0.05, 0) is 6.92 Å². The Labute approximate surface area is 51.6 Å². The van der Waals surface area contributed by atoms with Crippen molar-refractivity contribution in [1.82, 2.24) is 0 Å². The summed E-state index contributed by atoms with van der Waals surface area (Å²) >= 11 is 5.41. The number of aliphatic hydroxyl groups is 1. The van der Waals surface area contributed by atoms with Crippen molar-refractivity contribution in [1.29, 1.82) is 0 Å². The van der Waals surface area contributed by atoms with Crippen molar-refractivity contribution in [2.24, 2.45) is 0 Å². The summed E-state index contributed by atoms with van der Waals surface area (Å²) in [6, 6.07) is 0. The standard InChI is InChI=1S/C2H7ClSi.C2H6O/c1-4(2)3;1-2-3/h4H,1-2H3;3H,2H2,1H3. The predicted molar refractivity (Wildman–Crippen MR) is 37.5 cm³/mol. The van der Waals surface area contributed by atoms with Crippen LogP contribution >= 0.6 is 11.1 Å². The number of hydrogen-bond donors (Lipinski definition) is 1. The summed E-state index contributed by atoms with van der Waals surface area (Å²) in [6.07, 6.45) is 0. The average Bonchev–Trinajstić information content (AvgIpc) is 1.33. The van der Waals surface area contributed by atoms with E-state index in [0.717, 1.165) is 0 Å². The lowest BCUT2D eigenvalue weighted by atomic mass is 10.9. The highest BCUT2D eigenvalue weighted by atomic mass is 35.6. The first-order valence-electron chi connectivity index (χ1n) is 2.40. The average molecular weight is 141 g/mol. The number of hydrogen-bond acceptors (Lipinski definition) is 1. The van der Waals surface area contributed by atoms with Gasteiger partial charge in [0, 0.05) is 6.61 Å². The highest BCUT2D eigenvalue weighted by Gasteiger charge is 1.76. The smallest absolute Gasteiger partial charge is 0.134 e. The monoisotopic (exact) mass is 140 g/mol. The molecule has 0 aliphatic carbocycles. The second-order valence-corrected chi connectivity index (χ2v) is 5.98. The van der Waals surface area contributed by atoms with Crippen molar-refractivity contribution >= 4 is 19.2 Å². The van der Waals surface area contributed by atoms with Crippen LogP contribution in [0.25, 0.3) is 0 Å². The fourth-order valence-electron chi connectivity index (χ4n) is 0. The van der Waals surface area contributed by atoms with Crippen LogP contribution in [-0.2, 0) is 0 Å². The molecule has 0 aromatic rings. The van der Waals surface area contributed by atoms with E-state index >= 15 is 0 Å². The van der Waals surface area contributed by atoms with E-state index in [1.807, 2.05) is 0 Å². The Morgan fingerprint density at radius 3 is 1.57 bits per heavy atom. The lowest BCUT2D eigenvalue weighted by Crippen LogP contribution is -1.78. The van der Waals surface area contributed by atoms with Gasteiger partial charge in [0.05, 0.1) is 0 Å². The normalized spacial score (nSPS) is 7.71. The zero-order valence-corrected chi connectivity index (χ0v) is 7.02. The maximum absolute atomic E-state index is 7.57. The molecule has 0 aliphatic rings. The minimum Gasteiger partial charge on any atom is -0.397 e. The summed E-state index contributed by atoms with van der Waals surface area (Å²) in [6.45, 7) is 6.07. The van der Waals surface area contributed by atoms with Crippen LogP contribution in [0.3, 0.4) is 0 Å². The van der Waals surface area contributed by atoms with Gasteiger partial charge < -0.3 is 5.11 Å². The van der Waals surface area contributed by atoms with Gasteiger partial charge in [-0.3, -0.25) is 0 Å². The van der Waals surface area contributed by atoms with Crippen LogP contribution in [0.1, 0.15) is 6.92 Å². The van der Waals surface area contributed by atoms with Crippen molar-refractivity contribution in [2.75, 3.05) is 6.61 Å². The van der Waals surface area contributed by atoms with E-state index in [1.165, 1.54) is 0 Å². The van der Waals surface area contributed by atoms with Crippen LogP contribution in [0, 0.1) is 0 Å². The van der Waals surface area contributed by atoms with Crippen LogP contribution in [0.15, 0.2) is 0 Å². The molecule has 3 heteroatoms. The molecule has 1 nitrogen and oxygen atoms in total. The molecule has 0 spiro atoms. The van der Waals surface area contributed by atoms with Gasteiger partial charge in [-0.15, -0.1) is 0 Å². The summed E-state index contributed by atoms with van der Waals surface area (Å²) in [4.78, 5) is 0. The predicted octanol–water partition coefficient (Wildman–Crippen LogP) is 1.21. The fourth-order valence-corrected chi connectivity index (χ4v) is 0. The molecular formula is C4H13ClOSi. The first kappa shape index (κ1) is 10.4. The van der Waals surface area contributed by atoms with Crippen molar-refractivity contribution in [3.05, 3.63) is 0 Å². The van der Waals surface area contributed by atoms with Crippen LogP contribution in [0.4, 0.5) is 0 Å². The molecule has 0 fully saturated rings. The van der Waals surface area contributed by atoms with Gasteiger partial charge in [-0.2, -0.15) is 11.1 Å². The Bertz CT molecular complexity index is 22.9. The topological polar surface area (TPSA) is 20.2 Å². The van der Waals surface area contributed by atoms with Crippen LogP contribution in [0.2, 0.25) is 13.1 Å². The fraction of sp³-hybridized carbons (Fsp3) is 1.00. The van der Waals surface area contributed by atoms with E-state index in [-0.39, 0.29) is 6.61 Å². The lowest BCUT2D eigenvalue weighted by Gasteiger charge is -1.72. The summed E-state index contributed by atoms with van der Waals surface area (Å²) in [5, 5.41) is 7.57. The molecule has 0 aliphatic heterocycles. The highest BCUT2D eigenvalue weighted by Crippen LogP contribution is 1.79. The van der Waals surface area contributed by atoms with Crippen LogP contribution in [0.5, 0.6) is 0 Å². The Morgan fingerprint density at radius 1 is 1.57 bits per heavy atom. The molecule has 0 amide bonds. The van der Waals surface area contributed by atoms with E-state index in [0.29, 0.717) is 0 Å². The molecule has 0 heterocycles. The van der Waals surface area contributed by atoms with Crippen LogP contribution < -0.4 is 0 Å². The van der Waals surface area contributed by atoms with E-state index in [2.05, 4.69) is 13.1 Å². The molecule has 0 bridgehead atoms. The minimum atomic E-state index is -0.667. The molecule has 7 heavy (non-hydrogen) atoms. The van der Waals surface area contributed by atoms with Gasteiger partial charge >= 0.3 is 0 Å².